The predicted octanol–water partition coefficient (Wildman–Crippen LogP) is 1.07. The highest BCUT2D eigenvalue weighted by atomic mass is 79.9. The molecule has 0 radical (unpaired) electrons. The molecule has 18 heavy (non-hydrogen) atoms. The van der Waals surface area contributed by atoms with Gasteiger partial charge in [0.1, 0.15) is 0 Å². The van der Waals surface area contributed by atoms with Gasteiger partial charge in [0, 0.05) is 30.7 Å². The molecule has 96 valence electrons. The molecule has 0 bridgehead atoms. The zero-order valence-electron chi connectivity index (χ0n) is 10.1. The van der Waals surface area contributed by atoms with Crippen molar-refractivity contribution in [2.45, 2.75) is 6.04 Å². The molecule has 2 aliphatic heterocycles. The maximum absolute atomic E-state index is 11.8. The van der Waals surface area contributed by atoms with Crippen LogP contribution in [0.1, 0.15) is 0 Å². The fourth-order valence-electron chi connectivity index (χ4n) is 2.73. The molecule has 1 aromatic rings. The number of fused-ring (bicyclic) bond motifs is 1. The average molecular weight is 310 g/mol. The highest BCUT2D eigenvalue weighted by Crippen LogP contribution is 2.28. The molecular formula is C13H16BrN3O. The second kappa shape index (κ2) is 4.90. The Morgan fingerprint density at radius 2 is 2.11 bits per heavy atom. The molecule has 1 N–H and O–H groups in total. The van der Waals surface area contributed by atoms with Gasteiger partial charge in [-0.3, -0.25) is 4.79 Å². The van der Waals surface area contributed by atoms with Gasteiger partial charge in [0.05, 0.1) is 18.3 Å². The van der Waals surface area contributed by atoms with Gasteiger partial charge in [-0.25, -0.2) is 0 Å². The normalized spacial score (nSPS) is 24.1. The zero-order valence-corrected chi connectivity index (χ0v) is 11.7. The summed E-state index contributed by atoms with van der Waals surface area (Å²) in [5.41, 5.74) is 1.22. The first-order chi connectivity index (χ1) is 8.75. The van der Waals surface area contributed by atoms with Crippen molar-refractivity contribution in [1.82, 2.24) is 10.2 Å². The number of carbonyl (C=O) groups excluding carboxylic acids is 1. The summed E-state index contributed by atoms with van der Waals surface area (Å²) in [5, 5.41) is 3.19. The molecule has 0 spiro atoms. The molecule has 0 aromatic heterocycles. The summed E-state index contributed by atoms with van der Waals surface area (Å²) in [5.74, 6) is 0.234. The number of nitrogens with one attached hydrogen (secondary N) is 1. The number of carbonyl (C=O) groups is 1. The summed E-state index contributed by atoms with van der Waals surface area (Å²) in [6.45, 7) is 4.02. The van der Waals surface area contributed by atoms with E-state index < -0.39 is 0 Å². The van der Waals surface area contributed by atoms with E-state index in [1.165, 1.54) is 5.69 Å². The predicted molar refractivity (Wildman–Crippen MR) is 74.7 cm³/mol. The van der Waals surface area contributed by atoms with Crippen LogP contribution >= 0.6 is 15.9 Å². The van der Waals surface area contributed by atoms with Crippen LogP contribution in [-0.2, 0) is 4.79 Å². The molecule has 2 heterocycles. The van der Waals surface area contributed by atoms with Crippen LogP contribution < -0.4 is 10.2 Å². The monoisotopic (exact) mass is 309 g/mol. The van der Waals surface area contributed by atoms with Crippen LogP contribution in [0.15, 0.2) is 28.7 Å². The Labute approximate surface area is 115 Å². The molecular weight excluding hydrogens is 294 g/mol. The molecule has 2 saturated heterocycles. The molecule has 2 aliphatic rings. The summed E-state index contributed by atoms with van der Waals surface area (Å²) >= 11 is 3.59. The number of hydrogen-bond acceptors (Lipinski definition) is 3. The fraction of sp³-hybridized carbons (Fsp3) is 0.462. The van der Waals surface area contributed by atoms with Crippen molar-refractivity contribution >= 4 is 27.5 Å². The van der Waals surface area contributed by atoms with Crippen molar-refractivity contribution in [3.05, 3.63) is 28.7 Å². The molecule has 0 aliphatic carbocycles. The standard InChI is InChI=1S/C13H16BrN3O/c14-11-3-1-2-4-12(11)16-5-6-17-10(9-16)7-15-8-13(17)18/h1-4,10,15H,5-9H2. The summed E-state index contributed by atoms with van der Waals surface area (Å²) in [7, 11) is 0. The third kappa shape index (κ3) is 2.12. The smallest absolute Gasteiger partial charge is 0.236 e. The highest BCUT2D eigenvalue weighted by molar-refractivity contribution is 9.10. The number of amides is 1. The van der Waals surface area contributed by atoms with Crippen molar-refractivity contribution in [2.24, 2.45) is 0 Å². The lowest BCUT2D eigenvalue weighted by Crippen LogP contribution is -2.63. The van der Waals surface area contributed by atoms with Crippen LogP contribution in [0, 0.1) is 0 Å². The van der Waals surface area contributed by atoms with Gasteiger partial charge >= 0.3 is 0 Å². The summed E-state index contributed by atoms with van der Waals surface area (Å²) in [4.78, 5) is 16.1. The van der Waals surface area contributed by atoms with E-state index in [0.717, 1.165) is 30.7 Å². The lowest BCUT2D eigenvalue weighted by atomic mass is 10.1. The van der Waals surface area contributed by atoms with Crippen molar-refractivity contribution in [1.29, 1.82) is 0 Å². The SMILES string of the molecule is O=C1CNCC2CN(c3ccccc3Br)CCN12. The lowest BCUT2D eigenvalue weighted by Gasteiger charge is -2.45. The number of benzene rings is 1. The summed E-state index contributed by atoms with van der Waals surface area (Å²) in [6, 6.07) is 8.56. The zero-order chi connectivity index (χ0) is 12.5. The minimum atomic E-state index is 0.234. The van der Waals surface area contributed by atoms with E-state index in [1.807, 2.05) is 11.0 Å². The first kappa shape index (κ1) is 12.0. The molecule has 3 rings (SSSR count). The van der Waals surface area contributed by atoms with E-state index in [-0.39, 0.29) is 5.91 Å². The number of para-hydroxylation sites is 1. The Kier molecular flexibility index (Phi) is 3.26. The van der Waals surface area contributed by atoms with Crippen molar-refractivity contribution in [3.8, 4) is 0 Å². The topological polar surface area (TPSA) is 35.6 Å². The second-order valence-corrected chi connectivity index (χ2v) is 5.62. The Morgan fingerprint density at radius 3 is 2.94 bits per heavy atom. The Morgan fingerprint density at radius 1 is 1.28 bits per heavy atom. The second-order valence-electron chi connectivity index (χ2n) is 4.77. The molecule has 2 fully saturated rings. The van der Waals surface area contributed by atoms with Gasteiger partial charge in [0.15, 0.2) is 0 Å². The molecule has 0 saturated carbocycles. The van der Waals surface area contributed by atoms with Gasteiger partial charge in [-0.15, -0.1) is 0 Å². The van der Waals surface area contributed by atoms with E-state index in [2.05, 4.69) is 44.3 Å². The van der Waals surface area contributed by atoms with Gasteiger partial charge in [0.2, 0.25) is 5.91 Å². The highest BCUT2D eigenvalue weighted by Gasteiger charge is 2.33. The van der Waals surface area contributed by atoms with E-state index in [1.54, 1.807) is 0 Å². The summed E-state index contributed by atoms with van der Waals surface area (Å²) < 4.78 is 1.12. The van der Waals surface area contributed by atoms with Gasteiger partial charge in [-0.05, 0) is 28.1 Å². The van der Waals surface area contributed by atoms with Crippen LogP contribution in [0.2, 0.25) is 0 Å². The number of halogens is 1. The van der Waals surface area contributed by atoms with E-state index >= 15 is 0 Å². The number of nitrogens with zero attached hydrogens (tertiary/aromatic N) is 2. The maximum Gasteiger partial charge on any atom is 0.236 e. The average Bonchev–Trinajstić information content (AvgIpc) is 2.39. The van der Waals surface area contributed by atoms with Crippen LogP contribution in [0.4, 0.5) is 5.69 Å². The first-order valence-electron chi connectivity index (χ1n) is 6.25. The molecule has 5 heteroatoms. The quantitative estimate of drug-likeness (QED) is 0.843. The number of piperazine rings is 2. The number of hydrogen-bond donors (Lipinski definition) is 1. The Bertz CT molecular complexity index is 465. The molecule has 4 nitrogen and oxygen atoms in total. The minimum Gasteiger partial charge on any atom is -0.367 e. The van der Waals surface area contributed by atoms with E-state index in [4.69, 9.17) is 0 Å². The van der Waals surface area contributed by atoms with Gasteiger partial charge in [-0.1, -0.05) is 12.1 Å². The van der Waals surface area contributed by atoms with E-state index in [9.17, 15) is 4.79 Å². The third-order valence-electron chi connectivity index (χ3n) is 3.65. The first-order valence-corrected chi connectivity index (χ1v) is 7.04. The van der Waals surface area contributed by atoms with Crippen molar-refractivity contribution in [3.63, 3.8) is 0 Å². The molecule has 1 aromatic carbocycles. The van der Waals surface area contributed by atoms with Crippen molar-refractivity contribution in [2.75, 3.05) is 37.6 Å². The number of rotatable bonds is 1. The largest absolute Gasteiger partial charge is 0.367 e. The Hall–Kier alpha value is -1.07. The minimum absolute atomic E-state index is 0.234. The van der Waals surface area contributed by atoms with Crippen LogP contribution in [0.5, 0.6) is 0 Å². The van der Waals surface area contributed by atoms with Gasteiger partial charge in [-0.2, -0.15) is 0 Å². The van der Waals surface area contributed by atoms with Crippen LogP contribution in [0.25, 0.3) is 0 Å². The fourth-order valence-corrected chi connectivity index (χ4v) is 3.27. The van der Waals surface area contributed by atoms with Crippen LogP contribution in [-0.4, -0.2) is 49.6 Å². The Balaban J connectivity index is 1.78. The van der Waals surface area contributed by atoms with Gasteiger partial charge < -0.3 is 15.1 Å². The maximum atomic E-state index is 11.8. The van der Waals surface area contributed by atoms with E-state index in [0.29, 0.717) is 12.6 Å². The van der Waals surface area contributed by atoms with Crippen molar-refractivity contribution < 1.29 is 4.79 Å². The van der Waals surface area contributed by atoms with Gasteiger partial charge in [0.25, 0.3) is 0 Å². The molecule has 1 amide bonds. The third-order valence-corrected chi connectivity index (χ3v) is 4.32. The van der Waals surface area contributed by atoms with Crippen LogP contribution in [0.3, 0.4) is 0 Å². The lowest BCUT2D eigenvalue weighted by molar-refractivity contribution is -0.135. The molecule has 1 atom stereocenters. The summed E-state index contributed by atoms with van der Waals surface area (Å²) in [6.07, 6.45) is 0. The molecule has 1 unspecified atom stereocenters. The number of anilines is 1.